The van der Waals surface area contributed by atoms with Crippen LogP contribution in [0.5, 0.6) is 0 Å². The fraction of sp³-hybridized carbons (Fsp3) is 0.176. The maximum atomic E-state index is 12.5. The summed E-state index contributed by atoms with van der Waals surface area (Å²) in [5.41, 5.74) is 1.65. The zero-order valence-electron chi connectivity index (χ0n) is 14.2. The van der Waals surface area contributed by atoms with Crippen molar-refractivity contribution in [2.75, 3.05) is 10.6 Å². The van der Waals surface area contributed by atoms with Crippen LogP contribution in [0.2, 0.25) is 5.02 Å². The smallest absolute Gasteiger partial charge is 0.276 e. The minimum Gasteiger partial charge on any atom is -0.321 e. The average Bonchev–Trinajstić information content (AvgIpc) is 3.20. The molecule has 0 bridgehead atoms. The lowest BCUT2D eigenvalue weighted by molar-refractivity contribution is 0.101. The summed E-state index contributed by atoms with van der Waals surface area (Å²) in [5, 5.41) is 13.9. The van der Waals surface area contributed by atoms with Gasteiger partial charge in [-0.3, -0.25) is 19.0 Å². The van der Waals surface area contributed by atoms with Crippen molar-refractivity contribution in [3.05, 3.63) is 59.1 Å². The van der Waals surface area contributed by atoms with Crippen molar-refractivity contribution in [2.24, 2.45) is 7.05 Å². The van der Waals surface area contributed by atoms with Gasteiger partial charge in [-0.15, -0.1) is 0 Å². The number of rotatable bonds is 5. The third kappa shape index (κ3) is 3.75. The molecule has 1 aromatic carbocycles. The maximum absolute atomic E-state index is 12.5. The highest BCUT2D eigenvalue weighted by atomic mass is 35.5. The lowest BCUT2D eigenvalue weighted by Crippen LogP contribution is -2.18. The van der Waals surface area contributed by atoms with E-state index in [-0.39, 0.29) is 22.5 Å². The lowest BCUT2D eigenvalue weighted by atomic mass is 10.2. The minimum absolute atomic E-state index is 0.281. The Kier molecular flexibility index (Phi) is 5.04. The van der Waals surface area contributed by atoms with Crippen LogP contribution >= 0.6 is 11.6 Å². The van der Waals surface area contributed by atoms with Gasteiger partial charge in [-0.1, -0.05) is 17.7 Å². The highest BCUT2D eigenvalue weighted by Gasteiger charge is 2.17. The first kappa shape index (κ1) is 17.7. The second kappa shape index (κ2) is 7.40. The molecule has 134 valence electrons. The van der Waals surface area contributed by atoms with Crippen molar-refractivity contribution >= 4 is 34.8 Å². The van der Waals surface area contributed by atoms with Gasteiger partial charge >= 0.3 is 0 Å². The number of nitrogens with one attached hydrogen (secondary N) is 2. The molecule has 2 amide bonds. The van der Waals surface area contributed by atoms with Gasteiger partial charge in [0, 0.05) is 31.2 Å². The summed E-state index contributed by atoms with van der Waals surface area (Å²) in [6.07, 6.45) is 3.12. The SMILES string of the molecule is CCn1ncc(Cl)c1C(=O)Nc1cccc(NC(=O)c2ccn(C)n2)c1. The summed E-state index contributed by atoms with van der Waals surface area (Å²) in [5.74, 6) is -0.705. The van der Waals surface area contributed by atoms with Crippen LogP contribution in [0.15, 0.2) is 42.7 Å². The molecule has 0 saturated heterocycles. The molecular weight excluding hydrogens is 356 g/mol. The summed E-state index contributed by atoms with van der Waals surface area (Å²) in [4.78, 5) is 24.6. The van der Waals surface area contributed by atoms with Gasteiger partial charge in [-0.05, 0) is 31.2 Å². The number of nitrogens with zero attached hydrogens (tertiary/aromatic N) is 4. The number of halogens is 1. The number of carbonyl (C=O) groups is 2. The van der Waals surface area contributed by atoms with Crippen LogP contribution in [0, 0.1) is 0 Å². The van der Waals surface area contributed by atoms with E-state index in [9.17, 15) is 9.59 Å². The van der Waals surface area contributed by atoms with Gasteiger partial charge in [0.15, 0.2) is 5.69 Å². The Balaban J connectivity index is 1.74. The summed E-state index contributed by atoms with van der Waals surface area (Å²) in [6.45, 7) is 2.39. The van der Waals surface area contributed by atoms with E-state index in [2.05, 4.69) is 20.8 Å². The largest absolute Gasteiger partial charge is 0.321 e. The molecule has 0 aliphatic heterocycles. The van der Waals surface area contributed by atoms with Crippen molar-refractivity contribution in [1.82, 2.24) is 19.6 Å². The molecule has 0 aliphatic carbocycles. The first-order valence-corrected chi connectivity index (χ1v) is 8.29. The number of hydrogen-bond acceptors (Lipinski definition) is 4. The molecule has 3 aromatic rings. The van der Waals surface area contributed by atoms with E-state index >= 15 is 0 Å². The Morgan fingerprint density at radius 3 is 2.46 bits per heavy atom. The molecule has 0 spiro atoms. The molecule has 0 fully saturated rings. The fourth-order valence-corrected chi connectivity index (χ4v) is 2.65. The summed E-state index contributed by atoms with van der Waals surface area (Å²) >= 11 is 6.04. The van der Waals surface area contributed by atoms with Crippen LogP contribution in [-0.2, 0) is 13.6 Å². The molecule has 0 saturated carbocycles. The number of aromatic nitrogens is 4. The molecule has 0 radical (unpaired) electrons. The Hall–Kier alpha value is -3.13. The van der Waals surface area contributed by atoms with Gasteiger partial charge in [0.05, 0.1) is 11.2 Å². The van der Waals surface area contributed by atoms with Crippen molar-refractivity contribution in [3.63, 3.8) is 0 Å². The molecule has 26 heavy (non-hydrogen) atoms. The van der Waals surface area contributed by atoms with Gasteiger partial charge in [0.2, 0.25) is 0 Å². The number of anilines is 2. The minimum atomic E-state index is -0.373. The molecule has 0 unspecified atom stereocenters. The van der Waals surface area contributed by atoms with Crippen molar-refractivity contribution < 1.29 is 9.59 Å². The van der Waals surface area contributed by atoms with Gasteiger partial charge < -0.3 is 10.6 Å². The van der Waals surface area contributed by atoms with Crippen LogP contribution in [0.4, 0.5) is 11.4 Å². The quantitative estimate of drug-likeness (QED) is 0.720. The molecule has 8 nitrogen and oxygen atoms in total. The first-order valence-electron chi connectivity index (χ1n) is 7.91. The summed E-state index contributed by atoms with van der Waals surface area (Å²) in [7, 11) is 1.74. The molecular formula is C17H17ClN6O2. The highest BCUT2D eigenvalue weighted by molar-refractivity contribution is 6.34. The third-order valence-corrected chi connectivity index (χ3v) is 3.91. The summed E-state index contributed by atoms with van der Waals surface area (Å²) in [6, 6.07) is 8.44. The topological polar surface area (TPSA) is 93.8 Å². The van der Waals surface area contributed by atoms with Crippen LogP contribution in [-0.4, -0.2) is 31.4 Å². The second-order valence-electron chi connectivity index (χ2n) is 5.52. The maximum Gasteiger partial charge on any atom is 0.276 e. The van der Waals surface area contributed by atoms with Gasteiger partial charge in [0.25, 0.3) is 11.8 Å². The van der Waals surface area contributed by atoms with Crippen molar-refractivity contribution in [1.29, 1.82) is 0 Å². The van der Waals surface area contributed by atoms with E-state index in [1.807, 2.05) is 6.92 Å². The Morgan fingerprint density at radius 2 is 1.85 bits per heavy atom. The standard InChI is InChI=1S/C17H17ClN6O2/c1-3-24-15(13(18)10-19-24)17(26)21-12-6-4-5-11(9-12)20-16(25)14-7-8-23(2)22-14/h4-10H,3H2,1-2H3,(H,20,25)(H,21,26). The predicted octanol–water partition coefficient (Wildman–Crippen LogP) is 2.79. The van der Waals surface area contributed by atoms with Crippen LogP contribution < -0.4 is 10.6 Å². The zero-order chi connectivity index (χ0) is 18.7. The molecule has 0 atom stereocenters. The van der Waals surface area contributed by atoms with Crippen molar-refractivity contribution in [3.8, 4) is 0 Å². The van der Waals surface area contributed by atoms with E-state index in [0.29, 0.717) is 23.6 Å². The van der Waals surface area contributed by atoms with E-state index in [1.54, 1.807) is 48.3 Å². The number of carbonyl (C=O) groups excluding carboxylic acids is 2. The van der Waals surface area contributed by atoms with E-state index in [1.165, 1.54) is 10.9 Å². The Morgan fingerprint density at radius 1 is 1.15 bits per heavy atom. The van der Waals surface area contributed by atoms with E-state index in [0.717, 1.165) is 0 Å². The molecule has 0 aliphatic rings. The molecule has 9 heteroatoms. The third-order valence-electron chi connectivity index (χ3n) is 3.63. The predicted molar refractivity (Wildman–Crippen MR) is 98.5 cm³/mol. The number of hydrogen-bond donors (Lipinski definition) is 2. The number of aryl methyl sites for hydroxylation is 2. The van der Waals surface area contributed by atoms with Gasteiger partial charge in [0.1, 0.15) is 5.69 Å². The highest BCUT2D eigenvalue weighted by Crippen LogP contribution is 2.20. The molecule has 3 rings (SSSR count). The molecule has 2 heterocycles. The van der Waals surface area contributed by atoms with E-state index in [4.69, 9.17) is 11.6 Å². The average molecular weight is 373 g/mol. The zero-order valence-corrected chi connectivity index (χ0v) is 15.0. The van der Waals surface area contributed by atoms with Crippen LogP contribution in [0.25, 0.3) is 0 Å². The lowest BCUT2D eigenvalue weighted by Gasteiger charge is -2.09. The molecule has 2 N–H and O–H groups in total. The van der Waals surface area contributed by atoms with Crippen LogP contribution in [0.3, 0.4) is 0 Å². The normalized spacial score (nSPS) is 10.6. The van der Waals surface area contributed by atoms with E-state index < -0.39 is 0 Å². The number of benzene rings is 1. The number of amides is 2. The monoisotopic (exact) mass is 372 g/mol. The second-order valence-corrected chi connectivity index (χ2v) is 5.93. The van der Waals surface area contributed by atoms with Gasteiger partial charge in [-0.25, -0.2) is 0 Å². The van der Waals surface area contributed by atoms with Crippen molar-refractivity contribution in [2.45, 2.75) is 13.5 Å². The Labute approximate surface area is 154 Å². The Bertz CT molecular complexity index is 962. The van der Waals surface area contributed by atoms with Crippen LogP contribution in [0.1, 0.15) is 27.9 Å². The fourth-order valence-electron chi connectivity index (χ4n) is 2.42. The first-order chi connectivity index (χ1) is 12.5. The van der Waals surface area contributed by atoms with Gasteiger partial charge in [-0.2, -0.15) is 10.2 Å². The summed E-state index contributed by atoms with van der Waals surface area (Å²) < 4.78 is 3.07. The molecule has 2 aromatic heterocycles.